The highest BCUT2D eigenvalue weighted by atomic mass is 16.3. The van der Waals surface area contributed by atoms with E-state index < -0.39 is 12.1 Å². The minimum atomic E-state index is -0.621. The molecule has 0 spiro atoms. The van der Waals surface area contributed by atoms with Gasteiger partial charge in [-0.15, -0.1) is 0 Å². The number of pyridine rings is 1. The molecule has 1 aromatic rings. The number of aromatic amines is 1. The summed E-state index contributed by atoms with van der Waals surface area (Å²) in [4.78, 5) is 13.4. The third-order valence-corrected chi connectivity index (χ3v) is 2.05. The molecule has 0 aliphatic heterocycles. The van der Waals surface area contributed by atoms with Gasteiger partial charge < -0.3 is 15.8 Å². The van der Waals surface area contributed by atoms with E-state index in [1.54, 1.807) is 20.0 Å². The van der Waals surface area contributed by atoms with Crippen LogP contribution in [0.1, 0.15) is 24.1 Å². The Morgan fingerprint density at radius 3 is 2.69 bits per heavy atom. The molecule has 0 saturated carbocycles. The molecule has 0 aromatic carbocycles. The van der Waals surface area contributed by atoms with Gasteiger partial charge in [0.1, 0.15) is 0 Å². The fourth-order valence-corrected chi connectivity index (χ4v) is 1.20. The summed E-state index contributed by atoms with van der Waals surface area (Å²) in [6, 6.07) is 1.02. The van der Waals surface area contributed by atoms with E-state index in [0.29, 0.717) is 0 Å². The Balaban J connectivity index is 3.08. The van der Waals surface area contributed by atoms with Crippen molar-refractivity contribution in [3.8, 4) is 0 Å². The molecule has 72 valence electrons. The normalized spacial score (nSPS) is 15.4. The average Bonchev–Trinajstić information content (AvgIpc) is 2.03. The second-order valence-electron chi connectivity index (χ2n) is 3.20. The fraction of sp³-hybridized carbons (Fsp3) is 0.444. The van der Waals surface area contributed by atoms with Crippen molar-refractivity contribution in [3.05, 3.63) is 33.7 Å². The molecule has 1 heterocycles. The van der Waals surface area contributed by atoms with Gasteiger partial charge in [0, 0.05) is 12.3 Å². The second-order valence-corrected chi connectivity index (χ2v) is 3.20. The Hall–Kier alpha value is -1.13. The van der Waals surface area contributed by atoms with E-state index in [1.807, 2.05) is 0 Å². The van der Waals surface area contributed by atoms with Crippen LogP contribution in [0.2, 0.25) is 0 Å². The van der Waals surface area contributed by atoms with E-state index in [2.05, 4.69) is 4.98 Å². The predicted molar refractivity (Wildman–Crippen MR) is 50.4 cm³/mol. The first-order valence-electron chi connectivity index (χ1n) is 4.15. The Morgan fingerprint density at radius 2 is 2.23 bits per heavy atom. The van der Waals surface area contributed by atoms with Gasteiger partial charge in [0.25, 0.3) is 0 Å². The molecule has 2 atom stereocenters. The van der Waals surface area contributed by atoms with Gasteiger partial charge >= 0.3 is 0 Å². The SMILES string of the molecule is Cc1cc(=O)[nH]cc1[C@H](N)[C@H](C)O. The average molecular weight is 182 g/mol. The first-order valence-corrected chi connectivity index (χ1v) is 4.15. The lowest BCUT2D eigenvalue weighted by Crippen LogP contribution is -2.25. The molecular formula is C9H14N2O2. The zero-order valence-corrected chi connectivity index (χ0v) is 7.74. The Labute approximate surface area is 76.4 Å². The number of hydrogen-bond donors (Lipinski definition) is 3. The van der Waals surface area contributed by atoms with E-state index in [-0.39, 0.29) is 5.56 Å². The van der Waals surface area contributed by atoms with Gasteiger partial charge in [-0.2, -0.15) is 0 Å². The molecule has 4 heteroatoms. The number of aliphatic hydroxyl groups excluding tert-OH is 1. The maximum atomic E-state index is 10.9. The van der Waals surface area contributed by atoms with Crippen LogP contribution in [0.15, 0.2) is 17.1 Å². The summed E-state index contributed by atoms with van der Waals surface area (Å²) in [5, 5.41) is 9.25. The minimum absolute atomic E-state index is 0.154. The molecule has 0 radical (unpaired) electrons. The lowest BCUT2D eigenvalue weighted by molar-refractivity contribution is 0.164. The van der Waals surface area contributed by atoms with Crippen LogP contribution in [-0.4, -0.2) is 16.2 Å². The van der Waals surface area contributed by atoms with Crippen LogP contribution in [0.25, 0.3) is 0 Å². The van der Waals surface area contributed by atoms with Gasteiger partial charge in [0.2, 0.25) is 5.56 Å². The summed E-state index contributed by atoms with van der Waals surface area (Å²) < 4.78 is 0. The van der Waals surface area contributed by atoms with Gasteiger partial charge in [-0.3, -0.25) is 4.79 Å². The number of aromatic nitrogens is 1. The van der Waals surface area contributed by atoms with Crippen molar-refractivity contribution in [1.82, 2.24) is 4.98 Å². The molecule has 0 amide bonds. The number of nitrogens with one attached hydrogen (secondary N) is 1. The first-order chi connectivity index (χ1) is 6.02. The number of hydrogen-bond acceptors (Lipinski definition) is 3. The van der Waals surface area contributed by atoms with Crippen molar-refractivity contribution in [1.29, 1.82) is 0 Å². The summed E-state index contributed by atoms with van der Waals surface area (Å²) in [5.41, 5.74) is 7.14. The molecule has 0 fully saturated rings. The highest BCUT2D eigenvalue weighted by Crippen LogP contribution is 2.15. The number of nitrogens with two attached hydrogens (primary N) is 1. The van der Waals surface area contributed by atoms with Gasteiger partial charge in [0.05, 0.1) is 12.1 Å². The Kier molecular flexibility index (Phi) is 2.85. The van der Waals surface area contributed by atoms with Crippen molar-refractivity contribution in [2.24, 2.45) is 5.73 Å². The van der Waals surface area contributed by atoms with Crippen molar-refractivity contribution >= 4 is 0 Å². The molecule has 0 unspecified atom stereocenters. The largest absolute Gasteiger partial charge is 0.391 e. The van der Waals surface area contributed by atoms with Crippen LogP contribution < -0.4 is 11.3 Å². The Bertz CT molecular complexity index is 344. The molecule has 4 N–H and O–H groups in total. The molecule has 1 aromatic heterocycles. The van der Waals surface area contributed by atoms with Crippen LogP contribution in [-0.2, 0) is 0 Å². The quantitative estimate of drug-likeness (QED) is 0.605. The van der Waals surface area contributed by atoms with Crippen LogP contribution in [0.3, 0.4) is 0 Å². The van der Waals surface area contributed by atoms with E-state index in [4.69, 9.17) is 5.73 Å². The topological polar surface area (TPSA) is 79.1 Å². The fourth-order valence-electron chi connectivity index (χ4n) is 1.20. The van der Waals surface area contributed by atoms with Crippen molar-refractivity contribution in [2.45, 2.75) is 26.0 Å². The highest BCUT2D eigenvalue weighted by Gasteiger charge is 2.14. The van der Waals surface area contributed by atoms with Gasteiger partial charge in [0.15, 0.2) is 0 Å². The van der Waals surface area contributed by atoms with Crippen LogP contribution in [0, 0.1) is 6.92 Å². The van der Waals surface area contributed by atoms with E-state index in [1.165, 1.54) is 6.07 Å². The molecular weight excluding hydrogens is 168 g/mol. The second kappa shape index (κ2) is 3.72. The number of H-pyrrole nitrogens is 1. The predicted octanol–water partition coefficient (Wildman–Crippen LogP) is 0.0639. The summed E-state index contributed by atoms with van der Waals surface area (Å²) in [6.07, 6.45) is 0.930. The smallest absolute Gasteiger partial charge is 0.248 e. The molecule has 0 bridgehead atoms. The lowest BCUT2D eigenvalue weighted by Gasteiger charge is -2.16. The Morgan fingerprint density at radius 1 is 1.62 bits per heavy atom. The van der Waals surface area contributed by atoms with E-state index in [0.717, 1.165) is 11.1 Å². The zero-order valence-electron chi connectivity index (χ0n) is 7.74. The summed E-state index contributed by atoms with van der Waals surface area (Å²) >= 11 is 0. The maximum absolute atomic E-state index is 10.9. The molecule has 0 saturated heterocycles. The summed E-state index contributed by atoms with van der Waals surface area (Å²) in [6.45, 7) is 3.42. The van der Waals surface area contributed by atoms with Crippen LogP contribution in [0.4, 0.5) is 0 Å². The molecule has 13 heavy (non-hydrogen) atoms. The summed E-state index contributed by atoms with van der Waals surface area (Å²) in [7, 11) is 0. The number of aliphatic hydroxyl groups is 1. The summed E-state index contributed by atoms with van der Waals surface area (Å²) in [5.74, 6) is 0. The minimum Gasteiger partial charge on any atom is -0.391 e. The van der Waals surface area contributed by atoms with Crippen molar-refractivity contribution in [2.75, 3.05) is 0 Å². The lowest BCUT2D eigenvalue weighted by atomic mass is 10.0. The van der Waals surface area contributed by atoms with E-state index in [9.17, 15) is 9.90 Å². The van der Waals surface area contributed by atoms with Gasteiger partial charge in [-0.25, -0.2) is 0 Å². The van der Waals surface area contributed by atoms with Crippen molar-refractivity contribution in [3.63, 3.8) is 0 Å². The maximum Gasteiger partial charge on any atom is 0.248 e. The third kappa shape index (κ3) is 2.17. The third-order valence-electron chi connectivity index (χ3n) is 2.05. The molecule has 0 aliphatic carbocycles. The van der Waals surface area contributed by atoms with Gasteiger partial charge in [-0.1, -0.05) is 0 Å². The molecule has 0 aliphatic rings. The highest BCUT2D eigenvalue weighted by molar-refractivity contribution is 5.25. The zero-order chi connectivity index (χ0) is 10.0. The van der Waals surface area contributed by atoms with Gasteiger partial charge in [-0.05, 0) is 25.0 Å². The monoisotopic (exact) mass is 182 g/mol. The first kappa shape index (κ1) is 9.95. The van der Waals surface area contributed by atoms with Crippen molar-refractivity contribution < 1.29 is 5.11 Å². The van der Waals surface area contributed by atoms with E-state index >= 15 is 0 Å². The number of rotatable bonds is 2. The standard InChI is InChI=1S/C9H14N2O2/c1-5-3-8(13)11-4-7(5)9(10)6(2)12/h3-4,6,9,12H,10H2,1-2H3,(H,11,13)/t6-,9+/m0/s1. The molecule has 1 rings (SSSR count). The molecule has 4 nitrogen and oxygen atoms in total. The van der Waals surface area contributed by atoms with Crippen LogP contribution >= 0.6 is 0 Å². The number of aryl methyl sites for hydroxylation is 1. The van der Waals surface area contributed by atoms with Crippen LogP contribution in [0.5, 0.6) is 0 Å².